The highest BCUT2D eigenvalue weighted by Gasteiger charge is 2.55. The zero-order valence-electron chi connectivity index (χ0n) is 27.8. The lowest BCUT2D eigenvalue weighted by Crippen LogP contribution is -2.71. The average molecular weight is 733 g/mol. The monoisotopic (exact) mass is 732 g/mol. The summed E-state index contributed by atoms with van der Waals surface area (Å²) in [4.78, 5) is 12.2. The second-order valence-corrected chi connectivity index (χ2v) is 12.6. The van der Waals surface area contributed by atoms with Crippen molar-refractivity contribution in [2.45, 2.75) is 129 Å². The highest BCUT2D eigenvalue weighted by molar-refractivity contribution is 5.73. The molecule has 0 aliphatic carbocycles. The van der Waals surface area contributed by atoms with E-state index in [1.54, 1.807) is 0 Å². The molecule has 22 nitrogen and oxygen atoms in total. The average Bonchev–Trinajstić information content (AvgIpc) is 3.10. The maximum absolute atomic E-state index is 12.2. The molecule has 0 aromatic carbocycles. The Morgan fingerprint density at radius 3 is 1.30 bits per heavy atom. The molecule has 0 aromatic heterocycles. The lowest BCUT2D eigenvalue weighted by atomic mass is 9.93. The van der Waals surface area contributed by atoms with Crippen LogP contribution >= 0.6 is 0 Å². The number of carbonyl (C=O) groups excluding carboxylic acids is 1. The molecule has 0 spiro atoms. The molecule has 10 unspecified atom stereocenters. The fourth-order valence-corrected chi connectivity index (χ4v) is 6.55. The molecule has 0 bridgehead atoms. The van der Waals surface area contributed by atoms with Gasteiger partial charge in [0.15, 0.2) is 25.2 Å². The van der Waals surface area contributed by atoms with Crippen LogP contribution in [0.25, 0.3) is 0 Å². The quantitative estimate of drug-likeness (QED) is 0.0836. The van der Waals surface area contributed by atoms with Crippen molar-refractivity contribution in [3.8, 4) is 0 Å². The van der Waals surface area contributed by atoms with E-state index in [4.69, 9.17) is 59.8 Å². The Balaban J connectivity index is 1.51. The summed E-state index contributed by atoms with van der Waals surface area (Å²) in [5.74, 6) is -0.651. The summed E-state index contributed by atoms with van der Waals surface area (Å²) in [7, 11) is 2.59. The number of rotatable bonds is 13. The first-order valence-electron chi connectivity index (χ1n) is 16.1. The third-order valence-electron chi connectivity index (χ3n) is 9.30. The number of ether oxygens (including phenoxy) is 9. The molecular formula is C28H52N4O18. The summed E-state index contributed by atoms with van der Waals surface area (Å²) in [5.41, 5.74) is 18.4. The minimum Gasteiger partial charge on any atom is -0.394 e. The molecule has 4 saturated heterocycles. The summed E-state index contributed by atoms with van der Waals surface area (Å²) in [5, 5.41) is 86.7. The van der Waals surface area contributed by atoms with Gasteiger partial charge in [-0.3, -0.25) is 4.79 Å². The molecule has 4 aliphatic rings. The van der Waals surface area contributed by atoms with Gasteiger partial charge in [-0.2, -0.15) is 0 Å². The second-order valence-electron chi connectivity index (χ2n) is 12.6. The zero-order chi connectivity index (χ0) is 37.0. The van der Waals surface area contributed by atoms with Crippen LogP contribution in [0.15, 0.2) is 0 Å². The number of carbonyl (C=O) groups is 1. The van der Waals surface area contributed by atoms with Gasteiger partial charge in [0.05, 0.1) is 44.6 Å². The van der Waals surface area contributed by atoms with Crippen molar-refractivity contribution < 1.29 is 88.3 Å². The minimum atomic E-state index is -1.71. The van der Waals surface area contributed by atoms with Crippen LogP contribution in [-0.2, 0) is 47.4 Å². The van der Waals surface area contributed by atoms with E-state index in [0.717, 1.165) is 6.92 Å². The van der Waals surface area contributed by atoms with E-state index in [2.05, 4.69) is 5.32 Å². The molecule has 20 atom stereocenters. The normalized spacial score (nSPS) is 48.7. The largest absolute Gasteiger partial charge is 0.394 e. The number of methoxy groups -OCH3 is 2. The summed E-state index contributed by atoms with van der Waals surface area (Å²) in [6.07, 6.45) is -22.1. The van der Waals surface area contributed by atoms with Crippen molar-refractivity contribution in [1.82, 2.24) is 5.32 Å². The van der Waals surface area contributed by atoms with Gasteiger partial charge in [0.25, 0.3) is 0 Å². The van der Waals surface area contributed by atoms with Gasteiger partial charge in [-0.1, -0.05) is 0 Å². The molecule has 15 N–H and O–H groups in total. The number of nitrogens with one attached hydrogen (secondary N) is 1. The molecule has 4 rings (SSSR count). The number of nitrogens with two attached hydrogens (primary N) is 3. The van der Waals surface area contributed by atoms with Gasteiger partial charge < -0.3 is 106 Å². The lowest BCUT2D eigenvalue weighted by molar-refractivity contribution is -0.360. The van der Waals surface area contributed by atoms with Crippen LogP contribution in [0.3, 0.4) is 0 Å². The highest BCUT2D eigenvalue weighted by Crippen LogP contribution is 2.34. The number of aliphatic hydroxyl groups excluding tert-OH is 8. The van der Waals surface area contributed by atoms with E-state index in [1.165, 1.54) is 14.2 Å². The SMILES string of the molecule is CO[C@@H]1OC(CO)[C@H](OC2O[C@H](CO)[C@@H](O[C@@H]3OC(CO)[C@H](OC4O[C@H](CO)[C@@H](OC)C(O)C4N)C(O)[C@H]3NC(C)=O)C(O)C2N)C(O)[C@H]1N. The van der Waals surface area contributed by atoms with Crippen molar-refractivity contribution in [2.75, 3.05) is 40.6 Å². The van der Waals surface area contributed by atoms with Crippen LogP contribution in [0, 0.1) is 0 Å². The topological polar surface area (TPSA) is 352 Å². The molecular weight excluding hydrogens is 680 g/mol. The molecule has 50 heavy (non-hydrogen) atoms. The van der Waals surface area contributed by atoms with E-state index < -0.39 is 155 Å². The summed E-state index contributed by atoms with van der Waals surface area (Å²) in [6, 6.07) is -5.21. The Hall–Kier alpha value is -1.33. The molecule has 0 saturated carbocycles. The summed E-state index contributed by atoms with van der Waals surface area (Å²) < 4.78 is 51.0. The van der Waals surface area contributed by atoms with Gasteiger partial charge in [0.1, 0.15) is 79.3 Å². The number of amides is 1. The minimum absolute atomic E-state index is 0.579. The van der Waals surface area contributed by atoms with Crippen molar-refractivity contribution in [3.63, 3.8) is 0 Å². The molecule has 4 aliphatic heterocycles. The first kappa shape index (κ1) is 41.4. The number of hydrogen-bond acceptors (Lipinski definition) is 21. The molecule has 4 fully saturated rings. The van der Waals surface area contributed by atoms with E-state index in [0.29, 0.717) is 0 Å². The van der Waals surface area contributed by atoms with Crippen LogP contribution in [0.2, 0.25) is 0 Å². The predicted octanol–water partition coefficient (Wildman–Crippen LogP) is -8.40. The number of hydrogen-bond donors (Lipinski definition) is 12. The maximum Gasteiger partial charge on any atom is 0.217 e. The van der Waals surface area contributed by atoms with E-state index in [-0.39, 0.29) is 0 Å². The Morgan fingerprint density at radius 2 is 0.900 bits per heavy atom. The predicted molar refractivity (Wildman–Crippen MR) is 161 cm³/mol. The van der Waals surface area contributed by atoms with Gasteiger partial charge in [0.2, 0.25) is 5.91 Å². The number of aliphatic hydroxyl groups is 8. The van der Waals surface area contributed by atoms with Crippen molar-refractivity contribution >= 4 is 5.91 Å². The van der Waals surface area contributed by atoms with Gasteiger partial charge >= 0.3 is 0 Å². The fraction of sp³-hybridized carbons (Fsp3) is 0.964. The third-order valence-corrected chi connectivity index (χ3v) is 9.30. The zero-order valence-corrected chi connectivity index (χ0v) is 27.8. The molecule has 0 radical (unpaired) electrons. The molecule has 4 heterocycles. The molecule has 22 heteroatoms. The smallest absolute Gasteiger partial charge is 0.217 e. The maximum atomic E-state index is 12.2. The summed E-state index contributed by atoms with van der Waals surface area (Å²) in [6.45, 7) is -1.62. The van der Waals surface area contributed by atoms with Crippen LogP contribution in [0.4, 0.5) is 0 Å². The van der Waals surface area contributed by atoms with Gasteiger partial charge in [-0.15, -0.1) is 0 Å². The first-order chi connectivity index (χ1) is 23.8. The van der Waals surface area contributed by atoms with Crippen LogP contribution in [0.5, 0.6) is 0 Å². The van der Waals surface area contributed by atoms with Crippen molar-refractivity contribution in [3.05, 3.63) is 0 Å². The van der Waals surface area contributed by atoms with Crippen molar-refractivity contribution in [1.29, 1.82) is 0 Å². The standard InChI is InChI=1S/C28H52N4O18/c1-8(37)32-16-20(41)24(49-26-14(30)17(38)21(42-2)9(4-33)45-26)12(7-36)47-28(16)50-23-11(6-35)46-27(15(31)19(23)40)48-22-10(5-34)44-25(43-3)13(29)18(22)39/h9-28,33-36,38-41H,4-7,29-31H2,1-3H3,(H,32,37)/t9-,10?,11-,12?,13-,14?,15?,16-,17?,18?,19?,20?,21-,22+,23-,24+,25-,26?,27?,28+/m1/s1. The van der Waals surface area contributed by atoms with Gasteiger partial charge in [-0.05, 0) is 0 Å². The Morgan fingerprint density at radius 1 is 0.560 bits per heavy atom. The van der Waals surface area contributed by atoms with E-state index in [9.17, 15) is 45.6 Å². The Bertz CT molecular complexity index is 1070. The van der Waals surface area contributed by atoms with Crippen molar-refractivity contribution in [2.24, 2.45) is 17.2 Å². The van der Waals surface area contributed by atoms with E-state index in [1.807, 2.05) is 0 Å². The summed E-state index contributed by atoms with van der Waals surface area (Å²) >= 11 is 0. The van der Waals surface area contributed by atoms with Crippen LogP contribution < -0.4 is 22.5 Å². The molecule has 292 valence electrons. The fourth-order valence-electron chi connectivity index (χ4n) is 6.55. The van der Waals surface area contributed by atoms with Gasteiger partial charge in [0, 0.05) is 21.1 Å². The Labute approximate surface area is 287 Å². The van der Waals surface area contributed by atoms with Crippen LogP contribution in [-0.4, -0.2) is 210 Å². The lowest BCUT2D eigenvalue weighted by Gasteiger charge is -2.50. The first-order valence-corrected chi connectivity index (χ1v) is 16.1. The second kappa shape index (κ2) is 18.1. The highest BCUT2D eigenvalue weighted by atomic mass is 16.8. The van der Waals surface area contributed by atoms with Crippen LogP contribution in [0.1, 0.15) is 6.92 Å². The van der Waals surface area contributed by atoms with E-state index >= 15 is 0 Å². The molecule has 1 amide bonds. The Kier molecular flexibility index (Phi) is 15.0. The molecule has 0 aromatic rings. The third kappa shape index (κ3) is 8.55. The van der Waals surface area contributed by atoms with Gasteiger partial charge in [-0.25, -0.2) is 0 Å².